The van der Waals surface area contributed by atoms with Crippen molar-refractivity contribution >= 4 is 34.6 Å². The Balaban J connectivity index is 1.62. The van der Waals surface area contributed by atoms with Gasteiger partial charge in [-0.1, -0.05) is 48.0 Å². The highest BCUT2D eigenvalue weighted by Crippen LogP contribution is 2.49. The Labute approximate surface area is 199 Å². The average Bonchev–Trinajstić information content (AvgIpc) is 2.75. The van der Waals surface area contributed by atoms with E-state index in [0.717, 1.165) is 39.4 Å². The topological polar surface area (TPSA) is 53.6 Å². The first-order chi connectivity index (χ1) is 15.8. The molecule has 3 atom stereocenters. The van der Waals surface area contributed by atoms with Crippen molar-refractivity contribution in [2.45, 2.75) is 39.5 Å². The van der Waals surface area contributed by atoms with Crippen molar-refractivity contribution in [2.75, 3.05) is 10.2 Å². The number of carbonyl (C=O) groups excluding carboxylic acids is 1. The maximum atomic E-state index is 13.9. The molecule has 0 aromatic heterocycles. The molecule has 0 spiro atoms. The number of anilines is 2. The van der Waals surface area contributed by atoms with Gasteiger partial charge < -0.3 is 15.4 Å². The molecule has 2 N–H and O–H groups in total. The van der Waals surface area contributed by atoms with Gasteiger partial charge in [-0.25, -0.2) is 0 Å². The van der Waals surface area contributed by atoms with Crippen LogP contribution in [0.25, 0.3) is 0 Å². The second-order valence-corrected chi connectivity index (χ2v) is 9.47. The minimum Gasteiger partial charge on any atom is -0.467 e. The fourth-order valence-electron chi connectivity index (χ4n) is 5.05. The van der Waals surface area contributed by atoms with Crippen molar-refractivity contribution in [1.82, 2.24) is 5.32 Å². The molecule has 1 saturated heterocycles. The molecule has 33 heavy (non-hydrogen) atoms. The molecule has 0 radical (unpaired) electrons. The summed E-state index contributed by atoms with van der Waals surface area (Å²) in [5.41, 5.74) is 4.89. The fourth-order valence-corrected chi connectivity index (χ4v) is 5.46. The summed E-state index contributed by atoms with van der Waals surface area (Å²) in [5, 5.41) is 7.16. The lowest BCUT2D eigenvalue weighted by Gasteiger charge is -2.56. The van der Waals surface area contributed by atoms with Crippen LogP contribution in [-0.2, 0) is 4.79 Å². The van der Waals surface area contributed by atoms with Gasteiger partial charge in [-0.05, 0) is 75.3 Å². The summed E-state index contributed by atoms with van der Waals surface area (Å²) >= 11 is 5.82. The first-order valence-electron chi connectivity index (χ1n) is 11.1. The number of hydrogen-bond acceptors (Lipinski definition) is 3. The van der Waals surface area contributed by atoms with Crippen molar-refractivity contribution in [3.05, 3.63) is 89.0 Å². The Morgan fingerprint density at radius 1 is 1.03 bits per heavy atom. The number of thiocarbonyl (C=S) groups is 1. The van der Waals surface area contributed by atoms with Gasteiger partial charge in [-0.3, -0.25) is 9.69 Å². The number of rotatable bonds is 3. The number of para-hydroxylation sites is 1. The van der Waals surface area contributed by atoms with E-state index in [4.69, 9.17) is 17.0 Å². The second-order valence-electron chi connectivity index (χ2n) is 9.08. The summed E-state index contributed by atoms with van der Waals surface area (Å²) in [4.78, 5) is 15.8. The highest BCUT2D eigenvalue weighted by Gasteiger charge is 2.59. The third kappa shape index (κ3) is 3.55. The number of fused-ring (bicyclic) bond motifs is 4. The number of nitrogens with zero attached hydrogens (tertiary/aromatic N) is 1. The zero-order valence-corrected chi connectivity index (χ0v) is 20.0. The Hall–Kier alpha value is -3.38. The van der Waals surface area contributed by atoms with E-state index in [1.54, 1.807) is 0 Å². The summed E-state index contributed by atoms with van der Waals surface area (Å²) < 4.78 is 6.63. The lowest BCUT2D eigenvalue weighted by atomic mass is 9.78. The van der Waals surface area contributed by atoms with Crippen LogP contribution < -0.4 is 20.3 Å². The lowest BCUT2D eigenvalue weighted by Crippen LogP contribution is -2.72. The zero-order valence-electron chi connectivity index (χ0n) is 19.2. The maximum absolute atomic E-state index is 13.9. The molecule has 168 valence electrons. The molecule has 5 nitrogen and oxygen atoms in total. The minimum atomic E-state index is -1.02. The number of carbonyl (C=O) groups is 1. The number of nitrogens with one attached hydrogen (secondary N) is 2. The molecule has 2 aliphatic rings. The van der Waals surface area contributed by atoms with Gasteiger partial charge in [0, 0.05) is 16.9 Å². The van der Waals surface area contributed by atoms with Crippen molar-refractivity contribution in [1.29, 1.82) is 0 Å². The normalized spacial score (nSPS) is 23.3. The third-order valence-electron chi connectivity index (χ3n) is 6.59. The Morgan fingerprint density at radius 3 is 2.55 bits per heavy atom. The Kier molecular flexibility index (Phi) is 5.13. The second kappa shape index (κ2) is 7.89. The molecule has 3 aromatic carbocycles. The van der Waals surface area contributed by atoms with Gasteiger partial charge in [0.25, 0.3) is 0 Å². The van der Waals surface area contributed by atoms with Crippen LogP contribution in [0.1, 0.15) is 35.2 Å². The molecule has 1 amide bonds. The monoisotopic (exact) mass is 457 g/mol. The highest BCUT2D eigenvalue weighted by atomic mass is 32.1. The molecule has 5 rings (SSSR count). The molecule has 0 aliphatic carbocycles. The number of hydrogen-bond donors (Lipinski definition) is 2. The van der Waals surface area contributed by atoms with Gasteiger partial charge in [0.1, 0.15) is 11.7 Å². The Morgan fingerprint density at radius 2 is 1.79 bits per heavy atom. The molecule has 0 saturated carbocycles. The quantitative estimate of drug-likeness (QED) is 0.515. The van der Waals surface area contributed by atoms with Crippen LogP contribution in [0.5, 0.6) is 5.75 Å². The van der Waals surface area contributed by atoms with Crippen molar-refractivity contribution in [2.24, 2.45) is 5.92 Å². The lowest BCUT2D eigenvalue weighted by molar-refractivity contribution is -0.130. The van der Waals surface area contributed by atoms with Crippen LogP contribution >= 0.6 is 12.2 Å². The first kappa shape index (κ1) is 21.5. The van der Waals surface area contributed by atoms with Gasteiger partial charge in [0.05, 0.1) is 6.04 Å². The molecule has 2 heterocycles. The molecular formula is C27H27N3O2S. The van der Waals surface area contributed by atoms with E-state index in [2.05, 4.69) is 22.8 Å². The molecule has 3 aromatic rings. The number of amides is 1. The number of ether oxygens (including phenoxy) is 1. The van der Waals surface area contributed by atoms with E-state index in [-0.39, 0.29) is 11.9 Å². The van der Waals surface area contributed by atoms with E-state index >= 15 is 0 Å². The van der Waals surface area contributed by atoms with E-state index in [1.165, 1.54) is 0 Å². The summed E-state index contributed by atoms with van der Waals surface area (Å²) in [5.74, 6) is 0.0881. The van der Waals surface area contributed by atoms with Crippen molar-refractivity contribution in [3.63, 3.8) is 0 Å². The predicted molar refractivity (Wildman–Crippen MR) is 136 cm³/mol. The fraction of sp³-hybridized carbons (Fsp3) is 0.259. The summed E-state index contributed by atoms with van der Waals surface area (Å²) in [6, 6.07) is 21.7. The van der Waals surface area contributed by atoms with E-state index < -0.39 is 11.6 Å². The zero-order chi connectivity index (χ0) is 23.3. The highest BCUT2D eigenvalue weighted by molar-refractivity contribution is 7.80. The van der Waals surface area contributed by atoms with E-state index in [1.807, 2.05) is 87.2 Å². The van der Waals surface area contributed by atoms with E-state index in [9.17, 15) is 4.79 Å². The van der Waals surface area contributed by atoms with Gasteiger partial charge in [0.2, 0.25) is 5.91 Å². The Bertz CT molecular complexity index is 1270. The van der Waals surface area contributed by atoms with Gasteiger partial charge in [0.15, 0.2) is 10.8 Å². The average molecular weight is 458 g/mol. The summed E-state index contributed by atoms with van der Waals surface area (Å²) in [6.07, 6.45) is 0. The van der Waals surface area contributed by atoms with Crippen molar-refractivity contribution < 1.29 is 9.53 Å². The summed E-state index contributed by atoms with van der Waals surface area (Å²) in [7, 11) is 0. The van der Waals surface area contributed by atoms with Crippen LogP contribution in [0.4, 0.5) is 11.4 Å². The number of aryl methyl sites for hydroxylation is 3. The molecule has 1 fully saturated rings. The van der Waals surface area contributed by atoms with Crippen LogP contribution in [0.3, 0.4) is 0 Å². The maximum Gasteiger partial charge on any atom is 0.236 e. The standard InChI is InChI=1S/C27H27N3O2S/c1-16-8-7-9-19(15-16)30-26(33)29-24-20-10-5-6-11-22(20)32-27(30,4)23(24)25(31)28-21-13-12-17(2)14-18(21)3/h5-15,23-24H,1-4H3,(H,28,31)(H,29,33)/t23-,24+,27+/m0/s1. The van der Waals surface area contributed by atoms with Gasteiger partial charge in [-0.15, -0.1) is 0 Å². The third-order valence-corrected chi connectivity index (χ3v) is 6.89. The molecular weight excluding hydrogens is 430 g/mol. The van der Waals surface area contributed by atoms with Crippen LogP contribution in [-0.4, -0.2) is 16.7 Å². The van der Waals surface area contributed by atoms with Crippen LogP contribution in [0, 0.1) is 26.7 Å². The van der Waals surface area contributed by atoms with Crippen LogP contribution in [0.15, 0.2) is 66.7 Å². The molecule has 0 unspecified atom stereocenters. The van der Waals surface area contributed by atoms with E-state index in [0.29, 0.717) is 5.11 Å². The molecule has 2 bridgehead atoms. The molecule has 6 heteroatoms. The number of benzene rings is 3. The minimum absolute atomic E-state index is 0.114. The van der Waals surface area contributed by atoms with Crippen LogP contribution in [0.2, 0.25) is 0 Å². The van der Waals surface area contributed by atoms with Gasteiger partial charge >= 0.3 is 0 Å². The first-order valence-corrected chi connectivity index (χ1v) is 11.5. The molecule has 2 aliphatic heterocycles. The SMILES string of the molecule is Cc1cccc(N2C(=S)N[C@@H]3c4ccccc4O[C@]2(C)[C@@H]3C(=O)Nc2ccc(C)cc2C)c1. The van der Waals surface area contributed by atoms with Gasteiger partial charge in [-0.2, -0.15) is 0 Å². The largest absolute Gasteiger partial charge is 0.467 e. The summed E-state index contributed by atoms with van der Waals surface area (Å²) in [6.45, 7) is 8.04. The van der Waals surface area contributed by atoms with Crippen molar-refractivity contribution in [3.8, 4) is 5.75 Å². The smallest absolute Gasteiger partial charge is 0.236 e. The predicted octanol–water partition coefficient (Wildman–Crippen LogP) is 5.41.